The van der Waals surface area contributed by atoms with Crippen LogP contribution < -0.4 is 5.32 Å². The third-order valence-corrected chi connectivity index (χ3v) is 2.85. The molecule has 0 atom stereocenters. The zero-order valence-electron chi connectivity index (χ0n) is 10.3. The summed E-state index contributed by atoms with van der Waals surface area (Å²) in [6, 6.07) is 1.73. The van der Waals surface area contributed by atoms with E-state index in [0.717, 1.165) is 11.0 Å². The van der Waals surface area contributed by atoms with Gasteiger partial charge in [0.05, 0.1) is 0 Å². The molecule has 0 aliphatic rings. The maximum Gasteiger partial charge on any atom is 0.274 e. The fourth-order valence-electron chi connectivity index (χ4n) is 1.64. The predicted molar refractivity (Wildman–Crippen MR) is 73.5 cm³/mol. The molecule has 6 heteroatoms. The minimum absolute atomic E-state index is 0.197. The number of anilines is 1. The zero-order chi connectivity index (χ0) is 13.1. The summed E-state index contributed by atoms with van der Waals surface area (Å²) in [4.78, 5) is 19.0. The Kier molecular flexibility index (Phi) is 3.86. The van der Waals surface area contributed by atoms with Crippen molar-refractivity contribution >= 4 is 27.8 Å². The number of nitrogens with zero attached hydrogens (tertiary/aromatic N) is 2. The second-order valence-electron chi connectivity index (χ2n) is 4.48. The van der Waals surface area contributed by atoms with Gasteiger partial charge < -0.3 is 9.55 Å². The molecule has 0 aromatic carbocycles. The highest BCUT2D eigenvalue weighted by atomic mass is 79.9. The van der Waals surface area contributed by atoms with Crippen molar-refractivity contribution in [3.63, 3.8) is 0 Å². The molecule has 0 bridgehead atoms. The minimum Gasteiger partial charge on any atom is -0.356 e. The Morgan fingerprint density at radius 2 is 2.39 bits per heavy atom. The van der Waals surface area contributed by atoms with Crippen LogP contribution in [-0.2, 0) is 6.54 Å². The number of aromatic amines is 1. The number of hydrogen-bond acceptors (Lipinski definition) is 2. The number of carbonyl (C=O) groups excluding carboxylic acids is 1. The Balaban J connectivity index is 2.10. The van der Waals surface area contributed by atoms with Crippen LogP contribution in [0.4, 0.5) is 5.95 Å². The summed E-state index contributed by atoms with van der Waals surface area (Å²) < 4.78 is 2.78. The van der Waals surface area contributed by atoms with E-state index in [2.05, 4.69) is 45.1 Å². The number of nitrogens with one attached hydrogen (secondary N) is 2. The number of imidazole rings is 1. The van der Waals surface area contributed by atoms with Crippen LogP contribution in [0.3, 0.4) is 0 Å². The topological polar surface area (TPSA) is 62.7 Å². The largest absolute Gasteiger partial charge is 0.356 e. The maximum absolute atomic E-state index is 11.9. The molecule has 2 aromatic rings. The number of aromatic nitrogens is 3. The first kappa shape index (κ1) is 12.9. The molecule has 0 unspecified atom stereocenters. The summed E-state index contributed by atoms with van der Waals surface area (Å²) >= 11 is 3.29. The first-order valence-electron chi connectivity index (χ1n) is 5.72. The molecule has 5 nitrogen and oxygen atoms in total. The smallest absolute Gasteiger partial charge is 0.274 e. The lowest BCUT2D eigenvalue weighted by Gasteiger charge is -2.10. The molecule has 0 spiro atoms. The van der Waals surface area contributed by atoms with Gasteiger partial charge in [-0.1, -0.05) is 13.8 Å². The lowest BCUT2D eigenvalue weighted by Crippen LogP contribution is -2.17. The molecule has 0 saturated carbocycles. The summed E-state index contributed by atoms with van der Waals surface area (Å²) in [6.45, 7) is 5.06. The Morgan fingerprint density at radius 1 is 1.61 bits per heavy atom. The van der Waals surface area contributed by atoms with Gasteiger partial charge in [-0.05, 0) is 27.9 Å². The summed E-state index contributed by atoms with van der Waals surface area (Å²) in [7, 11) is 0. The van der Waals surface area contributed by atoms with Gasteiger partial charge in [-0.3, -0.25) is 10.1 Å². The van der Waals surface area contributed by atoms with Crippen molar-refractivity contribution in [2.24, 2.45) is 5.92 Å². The molecule has 0 radical (unpaired) electrons. The summed E-state index contributed by atoms with van der Waals surface area (Å²) in [5.41, 5.74) is 0.501. The molecule has 1 amide bonds. The fourth-order valence-corrected chi connectivity index (χ4v) is 1.99. The van der Waals surface area contributed by atoms with Gasteiger partial charge in [0.1, 0.15) is 5.69 Å². The summed E-state index contributed by atoms with van der Waals surface area (Å²) in [5.74, 6) is 0.866. The van der Waals surface area contributed by atoms with Crippen molar-refractivity contribution in [1.29, 1.82) is 0 Å². The second-order valence-corrected chi connectivity index (χ2v) is 5.40. The van der Waals surface area contributed by atoms with E-state index in [4.69, 9.17) is 0 Å². The van der Waals surface area contributed by atoms with Gasteiger partial charge in [0.2, 0.25) is 5.95 Å². The van der Waals surface area contributed by atoms with Gasteiger partial charge in [0.25, 0.3) is 5.91 Å². The first-order valence-corrected chi connectivity index (χ1v) is 6.52. The zero-order valence-corrected chi connectivity index (χ0v) is 11.9. The molecule has 18 heavy (non-hydrogen) atoms. The van der Waals surface area contributed by atoms with Crippen LogP contribution in [0.2, 0.25) is 0 Å². The fraction of sp³-hybridized carbons (Fsp3) is 0.333. The standard InChI is InChI=1S/C12H15BrN4O/c1-8(2)7-17-4-3-14-12(17)16-11(18)10-5-9(13)6-15-10/h3-6,8,15H,7H2,1-2H3,(H,14,16,18). The average molecular weight is 311 g/mol. The van der Waals surface area contributed by atoms with E-state index in [-0.39, 0.29) is 5.91 Å². The van der Waals surface area contributed by atoms with Crippen LogP contribution >= 0.6 is 15.9 Å². The monoisotopic (exact) mass is 310 g/mol. The Bertz CT molecular complexity index is 544. The number of rotatable bonds is 4. The minimum atomic E-state index is -0.197. The molecular weight excluding hydrogens is 296 g/mol. The van der Waals surface area contributed by atoms with E-state index >= 15 is 0 Å². The predicted octanol–water partition coefficient (Wildman–Crippen LogP) is 2.88. The van der Waals surface area contributed by atoms with Crippen molar-refractivity contribution in [3.8, 4) is 0 Å². The van der Waals surface area contributed by atoms with Gasteiger partial charge in [-0.25, -0.2) is 4.98 Å². The van der Waals surface area contributed by atoms with Gasteiger partial charge in [-0.2, -0.15) is 0 Å². The molecule has 0 fully saturated rings. The average Bonchev–Trinajstić information content (AvgIpc) is 2.88. The number of carbonyl (C=O) groups is 1. The van der Waals surface area contributed by atoms with Crippen molar-refractivity contribution in [1.82, 2.24) is 14.5 Å². The van der Waals surface area contributed by atoms with E-state index < -0.39 is 0 Å². The van der Waals surface area contributed by atoms with Crippen LogP contribution in [0.5, 0.6) is 0 Å². The Hall–Kier alpha value is -1.56. The Morgan fingerprint density at radius 3 is 3.00 bits per heavy atom. The molecule has 96 valence electrons. The van der Waals surface area contributed by atoms with Crippen LogP contribution in [0.15, 0.2) is 29.1 Å². The SMILES string of the molecule is CC(C)Cn1ccnc1NC(=O)c1cc(Br)c[nH]1. The lowest BCUT2D eigenvalue weighted by atomic mass is 10.2. The van der Waals surface area contributed by atoms with E-state index in [1.54, 1.807) is 18.5 Å². The second kappa shape index (κ2) is 5.39. The van der Waals surface area contributed by atoms with Crippen molar-refractivity contribution < 1.29 is 4.79 Å². The van der Waals surface area contributed by atoms with Crippen molar-refractivity contribution in [2.75, 3.05) is 5.32 Å². The Labute approximate surface area is 114 Å². The molecule has 0 aliphatic heterocycles. The maximum atomic E-state index is 11.9. The lowest BCUT2D eigenvalue weighted by molar-refractivity contribution is 0.102. The van der Waals surface area contributed by atoms with Gasteiger partial charge >= 0.3 is 0 Å². The van der Waals surface area contributed by atoms with E-state index in [1.165, 1.54) is 0 Å². The highest BCUT2D eigenvalue weighted by molar-refractivity contribution is 9.10. The number of halogens is 1. The highest BCUT2D eigenvalue weighted by Crippen LogP contribution is 2.13. The van der Waals surface area contributed by atoms with Crippen molar-refractivity contribution in [3.05, 3.63) is 34.8 Å². The van der Waals surface area contributed by atoms with Crippen LogP contribution in [0.1, 0.15) is 24.3 Å². The van der Waals surface area contributed by atoms with E-state index in [9.17, 15) is 4.79 Å². The molecule has 0 saturated heterocycles. The summed E-state index contributed by atoms with van der Waals surface area (Å²) in [6.07, 6.45) is 5.26. The van der Waals surface area contributed by atoms with Gasteiger partial charge in [0.15, 0.2) is 0 Å². The molecule has 0 aliphatic carbocycles. The molecule has 2 aromatic heterocycles. The third-order valence-electron chi connectivity index (χ3n) is 2.40. The summed E-state index contributed by atoms with van der Waals surface area (Å²) in [5, 5.41) is 2.79. The van der Waals surface area contributed by atoms with Crippen LogP contribution in [-0.4, -0.2) is 20.4 Å². The van der Waals surface area contributed by atoms with Gasteiger partial charge in [-0.15, -0.1) is 0 Å². The quantitative estimate of drug-likeness (QED) is 0.912. The molecule has 2 heterocycles. The number of H-pyrrole nitrogens is 1. The highest BCUT2D eigenvalue weighted by Gasteiger charge is 2.12. The molecular formula is C12H15BrN4O. The number of amides is 1. The van der Waals surface area contributed by atoms with Gasteiger partial charge in [0, 0.05) is 29.6 Å². The van der Waals surface area contributed by atoms with E-state index in [0.29, 0.717) is 17.6 Å². The first-order chi connectivity index (χ1) is 8.56. The molecule has 2 rings (SSSR count). The molecule has 2 N–H and O–H groups in total. The number of hydrogen-bond donors (Lipinski definition) is 2. The van der Waals surface area contributed by atoms with Crippen LogP contribution in [0.25, 0.3) is 0 Å². The van der Waals surface area contributed by atoms with Crippen LogP contribution in [0, 0.1) is 5.92 Å². The van der Waals surface area contributed by atoms with Crippen molar-refractivity contribution in [2.45, 2.75) is 20.4 Å². The van der Waals surface area contributed by atoms with E-state index in [1.807, 2.05) is 10.8 Å². The third kappa shape index (κ3) is 3.01. The normalized spacial score (nSPS) is 10.9.